The monoisotopic (exact) mass is 499 g/mol. The minimum Gasteiger partial charge on any atom is -0.355 e. The molecule has 3 heteroatoms. The van der Waals surface area contributed by atoms with Crippen molar-refractivity contribution in [1.29, 1.82) is 0 Å². The van der Waals surface area contributed by atoms with E-state index in [9.17, 15) is 0 Å². The largest absolute Gasteiger partial charge is 0.355 e. The number of nitrogens with one attached hydrogen (secondary N) is 1. The minimum absolute atomic E-state index is 1.13. The van der Waals surface area contributed by atoms with E-state index in [2.05, 4.69) is 160 Å². The number of benzene rings is 6. The first-order chi connectivity index (χ1) is 19.3. The molecule has 184 valence electrons. The Bertz CT molecular complexity index is 2080. The maximum Gasteiger partial charge on any atom is 0.0542 e. The summed E-state index contributed by atoms with van der Waals surface area (Å²) in [5.41, 5.74) is 9.29. The fraction of sp³-hybridized carbons (Fsp3) is 0. The van der Waals surface area contributed by atoms with E-state index in [4.69, 9.17) is 0 Å². The zero-order valence-corrected chi connectivity index (χ0v) is 21.3. The first-order valence-corrected chi connectivity index (χ1v) is 13.3. The van der Waals surface area contributed by atoms with E-state index in [1.165, 1.54) is 38.1 Å². The Labute approximate surface area is 226 Å². The maximum absolute atomic E-state index is 3.56. The number of fused-ring (bicyclic) bond motifs is 6. The Morgan fingerprint density at radius 3 is 1.79 bits per heavy atom. The van der Waals surface area contributed by atoms with Gasteiger partial charge in [0.1, 0.15) is 0 Å². The van der Waals surface area contributed by atoms with Crippen LogP contribution in [-0.2, 0) is 0 Å². The fourth-order valence-electron chi connectivity index (χ4n) is 5.95. The molecule has 0 amide bonds. The molecule has 0 fully saturated rings. The van der Waals surface area contributed by atoms with Crippen LogP contribution < -0.4 is 4.90 Å². The van der Waals surface area contributed by atoms with Crippen LogP contribution in [0.2, 0.25) is 0 Å². The third kappa shape index (κ3) is 3.44. The SMILES string of the molecule is c1ccc(N(c2ccccc2)c2ccc3c(c2)c2ccccc2n3-c2ccc3[nH]c4ccccc4c3c2)cc1. The highest BCUT2D eigenvalue weighted by Gasteiger charge is 2.17. The van der Waals surface area contributed by atoms with Gasteiger partial charge in [0.05, 0.1) is 11.0 Å². The lowest BCUT2D eigenvalue weighted by Crippen LogP contribution is -2.09. The van der Waals surface area contributed by atoms with Gasteiger partial charge in [-0.05, 0) is 72.8 Å². The van der Waals surface area contributed by atoms with Crippen LogP contribution in [0.1, 0.15) is 0 Å². The van der Waals surface area contributed by atoms with E-state index in [1.807, 2.05) is 0 Å². The zero-order chi connectivity index (χ0) is 25.8. The maximum atomic E-state index is 3.56. The Kier molecular flexibility index (Phi) is 4.82. The molecule has 3 nitrogen and oxygen atoms in total. The Morgan fingerprint density at radius 2 is 1.03 bits per heavy atom. The Morgan fingerprint density at radius 1 is 0.410 bits per heavy atom. The van der Waals surface area contributed by atoms with Crippen molar-refractivity contribution in [3.05, 3.63) is 146 Å². The third-order valence-corrected chi connectivity index (χ3v) is 7.69. The second-order valence-corrected chi connectivity index (χ2v) is 9.96. The number of aromatic nitrogens is 2. The topological polar surface area (TPSA) is 24.0 Å². The van der Waals surface area contributed by atoms with Crippen LogP contribution in [0.15, 0.2) is 146 Å². The molecule has 0 aliphatic carbocycles. The van der Waals surface area contributed by atoms with E-state index < -0.39 is 0 Å². The summed E-state index contributed by atoms with van der Waals surface area (Å²) in [6.07, 6.45) is 0. The summed E-state index contributed by atoms with van der Waals surface area (Å²) < 4.78 is 2.39. The molecule has 8 aromatic rings. The van der Waals surface area contributed by atoms with Gasteiger partial charge in [-0.3, -0.25) is 0 Å². The molecule has 0 unspecified atom stereocenters. The van der Waals surface area contributed by atoms with Crippen molar-refractivity contribution in [2.45, 2.75) is 0 Å². The summed E-state index contributed by atoms with van der Waals surface area (Å²) in [5, 5.41) is 4.97. The van der Waals surface area contributed by atoms with Crippen LogP contribution in [0.3, 0.4) is 0 Å². The molecule has 2 aromatic heterocycles. The lowest BCUT2D eigenvalue weighted by molar-refractivity contribution is 1.18. The summed E-state index contributed by atoms with van der Waals surface area (Å²) in [6, 6.07) is 52.0. The molecule has 8 rings (SSSR count). The summed E-state index contributed by atoms with van der Waals surface area (Å²) in [4.78, 5) is 5.88. The van der Waals surface area contributed by atoms with Crippen LogP contribution in [-0.4, -0.2) is 9.55 Å². The van der Waals surface area contributed by atoms with Gasteiger partial charge in [-0.25, -0.2) is 0 Å². The number of hydrogen-bond donors (Lipinski definition) is 1. The van der Waals surface area contributed by atoms with E-state index in [1.54, 1.807) is 0 Å². The summed E-state index contributed by atoms with van der Waals surface area (Å²) in [5.74, 6) is 0. The van der Waals surface area contributed by atoms with Gasteiger partial charge < -0.3 is 14.5 Å². The molecule has 0 saturated carbocycles. The standard InChI is InChI=1S/C36H25N3/c1-3-11-25(12-4-1)38(26-13-5-2-6-14-26)27-20-22-36-32(24-27)30-16-8-10-18-35(30)39(36)28-19-21-34-31(23-28)29-15-7-9-17-33(29)37-34/h1-24,37H. The fourth-order valence-corrected chi connectivity index (χ4v) is 5.95. The van der Waals surface area contributed by atoms with Crippen LogP contribution in [0.25, 0.3) is 49.3 Å². The number of rotatable bonds is 4. The predicted octanol–water partition coefficient (Wildman–Crippen LogP) is 9.89. The van der Waals surface area contributed by atoms with Crippen molar-refractivity contribution < 1.29 is 0 Å². The lowest BCUT2D eigenvalue weighted by atomic mass is 10.1. The minimum atomic E-state index is 1.13. The van der Waals surface area contributed by atoms with Gasteiger partial charge in [-0.2, -0.15) is 0 Å². The second-order valence-electron chi connectivity index (χ2n) is 9.96. The van der Waals surface area contributed by atoms with Gasteiger partial charge in [0.15, 0.2) is 0 Å². The van der Waals surface area contributed by atoms with Crippen molar-refractivity contribution in [3.63, 3.8) is 0 Å². The summed E-state index contributed by atoms with van der Waals surface area (Å²) in [6.45, 7) is 0. The molecular weight excluding hydrogens is 474 g/mol. The molecular formula is C36H25N3. The van der Waals surface area contributed by atoms with E-state index in [0.29, 0.717) is 0 Å². The average molecular weight is 500 g/mol. The first-order valence-electron chi connectivity index (χ1n) is 13.3. The van der Waals surface area contributed by atoms with Crippen molar-refractivity contribution >= 4 is 60.7 Å². The molecule has 0 saturated heterocycles. The van der Waals surface area contributed by atoms with Gasteiger partial charge >= 0.3 is 0 Å². The van der Waals surface area contributed by atoms with E-state index in [-0.39, 0.29) is 0 Å². The zero-order valence-electron chi connectivity index (χ0n) is 21.3. The van der Waals surface area contributed by atoms with Gasteiger partial charge in [0.25, 0.3) is 0 Å². The van der Waals surface area contributed by atoms with Crippen LogP contribution in [0, 0.1) is 0 Å². The molecule has 0 spiro atoms. The second kappa shape index (κ2) is 8.64. The van der Waals surface area contributed by atoms with Crippen molar-refractivity contribution in [2.24, 2.45) is 0 Å². The lowest BCUT2D eigenvalue weighted by Gasteiger charge is -2.25. The van der Waals surface area contributed by atoms with Crippen LogP contribution in [0.4, 0.5) is 17.1 Å². The predicted molar refractivity (Wildman–Crippen MR) is 165 cm³/mol. The number of hydrogen-bond acceptors (Lipinski definition) is 1. The number of anilines is 3. The van der Waals surface area contributed by atoms with Crippen LogP contribution in [0.5, 0.6) is 0 Å². The molecule has 6 aromatic carbocycles. The number of nitrogens with zero attached hydrogens (tertiary/aromatic N) is 2. The van der Waals surface area contributed by atoms with E-state index in [0.717, 1.165) is 28.3 Å². The Balaban J connectivity index is 1.37. The van der Waals surface area contributed by atoms with Crippen molar-refractivity contribution in [2.75, 3.05) is 4.90 Å². The van der Waals surface area contributed by atoms with Crippen molar-refractivity contribution in [1.82, 2.24) is 9.55 Å². The van der Waals surface area contributed by atoms with Gasteiger partial charge in [0.2, 0.25) is 0 Å². The van der Waals surface area contributed by atoms with E-state index >= 15 is 0 Å². The highest BCUT2D eigenvalue weighted by molar-refractivity contribution is 6.12. The highest BCUT2D eigenvalue weighted by atomic mass is 15.1. The smallest absolute Gasteiger partial charge is 0.0542 e. The number of aromatic amines is 1. The van der Waals surface area contributed by atoms with Crippen molar-refractivity contribution in [3.8, 4) is 5.69 Å². The molecule has 1 N–H and O–H groups in total. The number of para-hydroxylation sites is 4. The summed E-state index contributed by atoms with van der Waals surface area (Å²) in [7, 11) is 0. The molecule has 0 radical (unpaired) electrons. The Hall–Kier alpha value is -5.28. The molecule has 39 heavy (non-hydrogen) atoms. The molecule has 2 heterocycles. The summed E-state index contributed by atoms with van der Waals surface area (Å²) >= 11 is 0. The first kappa shape index (κ1) is 21.8. The van der Waals surface area contributed by atoms with Gasteiger partial charge in [-0.1, -0.05) is 72.8 Å². The van der Waals surface area contributed by atoms with Crippen LogP contribution >= 0.6 is 0 Å². The molecule has 0 aliphatic rings. The average Bonchev–Trinajstić information content (AvgIpc) is 3.53. The van der Waals surface area contributed by atoms with Gasteiger partial charge in [0, 0.05) is 55.3 Å². The highest BCUT2D eigenvalue weighted by Crippen LogP contribution is 2.40. The van der Waals surface area contributed by atoms with Gasteiger partial charge in [-0.15, -0.1) is 0 Å². The molecule has 0 atom stereocenters. The molecule has 0 aliphatic heterocycles. The quantitative estimate of drug-likeness (QED) is 0.256. The molecule has 0 bridgehead atoms. The number of H-pyrrole nitrogens is 1. The third-order valence-electron chi connectivity index (χ3n) is 7.69. The normalized spacial score (nSPS) is 11.6.